The molecular formula is C10H17FO. The zero-order chi connectivity index (χ0) is 9.98. The maximum Gasteiger partial charge on any atom is 0.228 e. The van der Waals surface area contributed by atoms with E-state index in [0.717, 1.165) is 5.57 Å². The van der Waals surface area contributed by atoms with Gasteiger partial charge in [0.05, 0.1) is 0 Å². The Kier molecular flexibility index (Phi) is 11.2. The highest BCUT2D eigenvalue weighted by atomic mass is 19.1. The Bertz CT molecular complexity index is 159. The molecule has 0 rings (SSSR count). The molecule has 0 aliphatic heterocycles. The van der Waals surface area contributed by atoms with Crippen molar-refractivity contribution in [3.8, 4) is 0 Å². The molecular weight excluding hydrogens is 155 g/mol. The van der Waals surface area contributed by atoms with Gasteiger partial charge in [0.1, 0.15) is 5.76 Å². The van der Waals surface area contributed by atoms with Crippen molar-refractivity contribution < 1.29 is 9.13 Å². The summed E-state index contributed by atoms with van der Waals surface area (Å²) >= 11 is 0. The van der Waals surface area contributed by atoms with E-state index in [2.05, 4.69) is 17.9 Å². The van der Waals surface area contributed by atoms with Crippen LogP contribution in [0.5, 0.6) is 0 Å². The fourth-order valence-corrected chi connectivity index (χ4v) is 0.353. The predicted molar refractivity (Wildman–Crippen MR) is 51.5 cm³/mol. The van der Waals surface area contributed by atoms with Crippen LogP contribution in [-0.4, -0.2) is 6.86 Å². The van der Waals surface area contributed by atoms with Gasteiger partial charge < -0.3 is 4.74 Å². The van der Waals surface area contributed by atoms with Crippen LogP contribution in [0.2, 0.25) is 0 Å². The molecule has 0 fully saturated rings. The molecule has 12 heavy (non-hydrogen) atoms. The average Bonchev–Trinajstić information content (AvgIpc) is 2.05. The van der Waals surface area contributed by atoms with Gasteiger partial charge in [-0.1, -0.05) is 38.7 Å². The first kappa shape index (κ1) is 13.5. The Hall–Kier alpha value is -1.05. The molecule has 0 saturated carbocycles. The summed E-state index contributed by atoms with van der Waals surface area (Å²) in [5.41, 5.74) is 0.878. The molecule has 0 bridgehead atoms. The molecule has 0 unspecified atom stereocenters. The largest absolute Gasteiger partial charge is 0.464 e. The molecule has 0 heterocycles. The normalized spacial score (nSPS) is 8.67. The van der Waals surface area contributed by atoms with Crippen molar-refractivity contribution in [2.45, 2.75) is 20.8 Å². The molecule has 0 aliphatic rings. The van der Waals surface area contributed by atoms with Crippen molar-refractivity contribution in [2.24, 2.45) is 0 Å². The second-order valence-corrected chi connectivity index (χ2v) is 1.90. The van der Waals surface area contributed by atoms with Crippen LogP contribution in [0, 0.1) is 0 Å². The molecule has 0 N–H and O–H groups in total. The molecule has 0 atom stereocenters. The third-order valence-electron chi connectivity index (χ3n) is 0.794. The minimum Gasteiger partial charge on any atom is -0.464 e. The number of alkyl halides is 1. The third-order valence-corrected chi connectivity index (χ3v) is 0.794. The molecule has 1 nitrogen and oxygen atoms in total. The Balaban J connectivity index is 0. The van der Waals surface area contributed by atoms with Gasteiger partial charge >= 0.3 is 0 Å². The topological polar surface area (TPSA) is 9.23 Å². The lowest BCUT2D eigenvalue weighted by Crippen LogP contribution is -1.83. The molecule has 0 radical (unpaired) electrons. The lowest BCUT2D eigenvalue weighted by atomic mass is 10.3. The van der Waals surface area contributed by atoms with Crippen molar-refractivity contribution in [1.29, 1.82) is 0 Å². The van der Waals surface area contributed by atoms with Crippen LogP contribution in [0.3, 0.4) is 0 Å². The SMILES string of the molecule is C=C(C)/C=C\C(=C)OCF.CC. The van der Waals surface area contributed by atoms with E-state index >= 15 is 0 Å². The van der Waals surface area contributed by atoms with Gasteiger partial charge in [-0.2, -0.15) is 0 Å². The summed E-state index contributed by atoms with van der Waals surface area (Å²) in [6.07, 6.45) is 3.28. The van der Waals surface area contributed by atoms with E-state index in [1.54, 1.807) is 12.2 Å². The monoisotopic (exact) mass is 172 g/mol. The summed E-state index contributed by atoms with van der Waals surface area (Å²) in [5.74, 6) is 0.311. The van der Waals surface area contributed by atoms with E-state index in [-0.39, 0.29) is 0 Å². The molecule has 0 aromatic heterocycles. The highest BCUT2D eigenvalue weighted by Gasteiger charge is 1.84. The number of rotatable bonds is 4. The fraction of sp³-hybridized carbons (Fsp3) is 0.400. The molecule has 0 aromatic rings. The minimum absolute atomic E-state index is 0.311. The summed E-state index contributed by atoms with van der Waals surface area (Å²) in [6, 6.07) is 0. The van der Waals surface area contributed by atoms with Gasteiger partial charge in [-0.3, -0.25) is 0 Å². The van der Waals surface area contributed by atoms with E-state index in [1.807, 2.05) is 20.8 Å². The second kappa shape index (κ2) is 9.95. The maximum atomic E-state index is 11.4. The first-order valence-corrected chi connectivity index (χ1v) is 3.88. The number of hydrogen-bond acceptors (Lipinski definition) is 1. The van der Waals surface area contributed by atoms with Crippen LogP contribution < -0.4 is 0 Å². The quantitative estimate of drug-likeness (QED) is 0.465. The summed E-state index contributed by atoms with van der Waals surface area (Å²) in [5, 5.41) is 0. The number of ether oxygens (including phenoxy) is 1. The summed E-state index contributed by atoms with van der Waals surface area (Å²) in [6.45, 7) is 12.0. The number of hydrogen-bond donors (Lipinski definition) is 0. The molecule has 0 saturated heterocycles. The van der Waals surface area contributed by atoms with E-state index < -0.39 is 6.86 Å². The summed E-state index contributed by atoms with van der Waals surface area (Å²) in [4.78, 5) is 0. The minimum atomic E-state index is -0.834. The maximum absolute atomic E-state index is 11.4. The van der Waals surface area contributed by atoms with Crippen molar-refractivity contribution in [3.63, 3.8) is 0 Å². The van der Waals surface area contributed by atoms with E-state index in [1.165, 1.54) is 0 Å². The van der Waals surface area contributed by atoms with Crippen LogP contribution in [0.15, 0.2) is 36.6 Å². The first-order valence-electron chi connectivity index (χ1n) is 3.88. The van der Waals surface area contributed by atoms with Crippen molar-refractivity contribution in [2.75, 3.05) is 6.86 Å². The summed E-state index contributed by atoms with van der Waals surface area (Å²) < 4.78 is 15.8. The van der Waals surface area contributed by atoms with Gasteiger partial charge in [0.2, 0.25) is 6.86 Å². The number of allylic oxidation sites excluding steroid dienone is 3. The Morgan fingerprint density at radius 1 is 1.33 bits per heavy atom. The lowest BCUT2D eigenvalue weighted by molar-refractivity contribution is 0.125. The van der Waals surface area contributed by atoms with Gasteiger partial charge in [0.15, 0.2) is 0 Å². The Labute approximate surface area is 74.2 Å². The smallest absolute Gasteiger partial charge is 0.228 e. The fourth-order valence-electron chi connectivity index (χ4n) is 0.353. The molecule has 0 spiro atoms. The zero-order valence-electron chi connectivity index (χ0n) is 8.06. The standard InChI is InChI=1S/C8H11FO.C2H6/c1-7(2)4-5-8(3)10-6-9;1-2/h4-5H,1,3,6H2,2H3;1-2H3/b5-4-;. The molecule has 70 valence electrons. The summed E-state index contributed by atoms with van der Waals surface area (Å²) in [7, 11) is 0. The van der Waals surface area contributed by atoms with E-state index in [4.69, 9.17) is 0 Å². The Morgan fingerprint density at radius 3 is 2.17 bits per heavy atom. The number of halogens is 1. The zero-order valence-corrected chi connectivity index (χ0v) is 8.06. The molecule has 0 aromatic carbocycles. The Morgan fingerprint density at radius 2 is 1.83 bits per heavy atom. The highest BCUT2D eigenvalue weighted by molar-refractivity contribution is 5.19. The molecule has 0 amide bonds. The highest BCUT2D eigenvalue weighted by Crippen LogP contribution is 1.98. The second-order valence-electron chi connectivity index (χ2n) is 1.90. The van der Waals surface area contributed by atoms with Gasteiger partial charge in [0, 0.05) is 0 Å². The van der Waals surface area contributed by atoms with Gasteiger partial charge in [-0.25, -0.2) is 4.39 Å². The van der Waals surface area contributed by atoms with Crippen molar-refractivity contribution in [1.82, 2.24) is 0 Å². The van der Waals surface area contributed by atoms with Gasteiger partial charge in [-0.15, -0.1) is 0 Å². The van der Waals surface area contributed by atoms with E-state index in [9.17, 15) is 4.39 Å². The van der Waals surface area contributed by atoms with Crippen LogP contribution in [0.4, 0.5) is 4.39 Å². The molecule has 0 aliphatic carbocycles. The molecule has 2 heteroatoms. The van der Waals surface area contributed by atoms with Crippen LogP contribution >= 0.6 is 0 Å². The lowest BCUT2D eigenvalue weighted by Gasteiger charge is -1.96. The third kappa shape index (κ3) is 11.7. The first-order chi connectivity index (χ1) is 5.66. The van der Waals surface area contributed by atoms with Crippen molar-refractivity contribution in [3.05, 3.63) is 36.6 Å². The predicted octanol–water partition coefficient (Wildman–Crippen LogP) is 3.60. The van der Waals surface area contributed by atoms with Crippen molar-refractivity contribution >= 4 is 0 Å². The van der Waals surface area contributed by atoms with Crippen LogP contribution in [-0.2, 0) is 4.74 Å². The van der Waals surface area contributed by atoms with Crippen LogP contribution in [0.25, 0.3) is 0 Å². The van der Waals surface area contributed by atoms with Gasteiger partial charge in [0.25, 0.3) is 0 Å². The van der Waals surface area contributed by atoms with Gasteiger partial charge in [-0.05, 0) is 13.0 Å². The van der Waals surface area contributed by atoms with E-state index in [0.29, 0.717) is 5.76 Å². The average molecular weight is 172 g/mol. The van der Waals surface area contributed by atoms with Crippen LogP contribution in [0.1, 0.15) is 20.8 Å².